The zero-order chi connectivity index (χ0) is 10.4. The van der Waals surface area contributed by atoms with Crippen LogP contribution in [0.15, 0.2) is 30.3 Å². The van der Waals surface area contributed by atoms with Crippen molar-refractivity contribution in [3.8, 4) is 0 Å². The summed E-state index contributed by atoms with van der Waals surface area (Å²) < 4.78 is 0. The van der Waals surface area contributed by atoms with Crippen LogP contribution in [0.3, 0.4) is 0 Å². The average Bonchev–Trinajstić information content (AvgIpc) is 2.20. The van der Waals surface area contributed by atoms with Crippen molar-refractivity contribution in [2.45, 2.75) is 0 Å². The molecule has 0 fully saturated rings. The number of rotatable bonds is 5. The third-order valence-electron chi connectivity index (χ3n) is 1.75. The minimum absolute atomic E-state index is 0.136. The molecule has 0 radical (unpaired) electrons. The van der Waals surface area contributed by atoms with Gasteiger partial charge in [-0.2, -0.15) is 0 Å². The molecule has 0 N–H and O–H groups in total. The largest absolute Gasteiger partial charge is 0.277 e. The smallest absolute Gasteiger partial charge is 0.223 e. The first-order valence-corrected chi connectivity index (χ1v) is 4.22. The Balaban J connectivity index is 2.58. The van der Waals surface area contributed by atoms with E-state index in [9.17, 15) is 10.1 Å². The Morgan fingerprint density at radius 1 is 1.43 bits per heavy atom. The predicted molar refractivity (Wildman–Crippen MR) is 52.7 cm³/mol. The lowest BCUT2D eigenvalue weighted by atomic mass is 10.3. The number of nitro groups is 1. The van der Waals surface area contributed by atoms with Crippen LogP contribution in [0.5, 0.6) is 0 Å². The molecule has 0 amide bonds. The van der Waals surface area contributed by atoms with Gasteiger partial charge in [0, 0.05) is 4.92 Å². The maximum absolute atomic E-state index is 10.2. The first kappa shape index (κ1) is 10.5. The summed E-state index contributed by atoms with van der Waals surface area (Å²) in [5, 5.41) is 11.7. The molecular weight excluding hydrogens is 184 g/mol. The summed E-state index contributed by atoms with van der Waals surface area (Å²) in [5.41, 5.74) is 0.817. The van der Waals surface area contributed by atoms with Crippen LogP contribution in [-0.2, 0) is 4.84 Å². The number of nitrogens with zero attached hydrogens (tertiary/aromatic N) is 2. The molecule has 0 aliphatic heterocycles. The van der Waals surface area contributed by atoms with Crippen molar-refractivity contribution in [3.05, 3.63) is 40.4 Å². The van der Waals surface area contributed by atoms with Crippen molar-refractivity contribution in [2.24, 2.45) is 0 Å². The van der Waals surface area contributed by atoms with Crippen molar-refractivity contribution in [3.63, 3.8) is 0 Å². The second-order valence-corrected chi connectivity index (χ2v) is 2.68. The van der Waals surface area contributed by atoms with E-state index < -0.39 is 0 Å². The Labute approximate surface area is 82.0 Å². The molecule has 76 valence electrons. The molecule has 0 bridgehead atoms. The normalized spacial score (nSPS) is 9.79. The second kappa shape index (κ2) is 5.18. The average molecular weight is 196 g/mol. The van der Waals surface area contributed by atoms with Gasteiger partial charge in [-0.15, -0.1) is 0 Å². The number of hydrogen-bond donors (Lipinski definition) is 0. The predicted octanol–water partition coefficient (Wildman–Crippen LogP) is 1.33. The molecule has 0 saturated carbocycles. The molecule has 0 aliphatic rings. The summed E-state index contributed by atoms with van der Waals surface area (Å²) in [6, 6.07) is 9.26. The van der Waals surface area contributed by atoms with Crippen LogP contribution in [0.4, 0.5) is 5.69 Å². The van der Waals surface area contributed by atoms with Gasteiger partial charge in [0.25, 0.3) is 0 Å². The van der Waals surface area contributed by atoms with Gasteiger partial charge in [0.05, 0.1) is 12.8 Å². The van der Waals surface area contributed by atoms with Crippen molar-refractivity contribution in [2.75, 3.05) is 25.3 Å². The van der Waals surface area contributed by atoms with Gasteiger partial charge in [-0.25, -0.2) is 5.06 Å². The summed E-state index contributed by atoms with van der Waals surface area (Å²) in [6.45, 7) is 0.107. The first-order chi connectivity index (χ1) is 6.74. The minimum atomic E-state index is -0.366. The molecule has 1 aromatic carbocycles. The van der Waals surface area contributed by atoms with E-state index in [-0.39, 0.29) is 18.0 Å². The maximum Gasteiger partial charge on any atom is 0.223 e. The third kappa shape index (κ3) is 3.02. The Bertz CT molecular complexity index is 289. The van der Waals surface area contributed by atoms with Gasteiger partial charge in [0.15, 0.2) is 0 Å². The summed E-state index contributed by atoms with van der Waals surface area (Å²) in [6.07, 6.45) is 0. The van der Waals surface area contributed by atoms with E-state index in [1.54, 1.807) is 0 Å². The van der Waals surface area contributed by atoms with E-state index in [1.807, 2.05) is 30.3 Å². The van der Waals surface area contributed by atoms with Gasteiger partial charge < -0.3 is 0 Å². The van der Waals surface area contributed by atoms with Gasteiger partial charge >= 0.3 is 0 Å². The lowest BCUT2D eigenvalue weighted by molar-refractivity contribution is -0.477. The van der Waals surface area contributed by atoms with E-state index in [0.717, 1.165) is 5.69 Å². The molecule has 0 saturated heterocycles. The fourth-order valence-electron chi connectivity index (χ4n) is 1.09. The number of benzene rings is 1. The Morgan fingerprint density at radius 3 is 2.57 bits per heavy atom. The van der Waals surface area contributed by atoms with E-state index in [1.165, 1.54) is 12.2 Å². The van der Waals surface area contributed by atoms with Crippen molar-refractivity contribution in [1.82, 2.24) is 0 Å². The summed E-state index contributed by atoms with van der Waals surface area (Å²) >= 11 is 0. The number of para-hydroxylation sites is 1. The summed E-state index contributed by atoms with van der Waals surface area (Å²) in [5.74, 6) is 0. The minimum Gasteiger partial charge on any atom is -0.277 e. The van der Waals surface area contributed by atoms with Crippen LogP contribution in [0, 0.1) is 10.1 Å². The van der Waals surface area contributed by atoms with E-state index in [2.05, 4.69) is 0 Å². The lowest BCUT2D eigenvalue weighted by Gasteiger charge is -2.19. The standard InChI is InChI=1S/C9H12N2O3/c1-14-10(7-8-11(12)13)9-5-3-2-4-6-9/h2-6H,7-8H2,1H3. The molecule has 0 aromatic heterocycles. The van der Waals surface area contributed by atoms with Crippen LogP contribution in [0.2, 0.25) is 0 Å². The second-order valence-electron chi connectivity index (χ2n) is 2.68. The molecule has 0 aliphatic carbocycles. The molecule has 0 atom stereocenters. The van der Waals surface area contributed by atoms with Crippen LogP contribution in [0.25, 0.3) is 0 Å². The first-order valence-electron chi connectivity index (χ1n) is 4.22. The van der Waals surface area contributed by atoms with Crippen molar-refractivity contribution in [1.29, 1.82) is 0 Å². The number of hydroxylamine groups is 1. The van der Waals surface area contributed by atoms with Crippen LogP contribution >= 0.6 is 0 Å². The maximum atomic E-state index is 10.2. The number of anilines is 1. The van der Waals surface area contributed by atoms with Gasteiger partial charge in [0.2, 0.25) is 6.54 Å². The van der Waals surface area contributed by atoms with Gasteiger partial charge in [-0.05, 0) is 12.1 Å². The summed E-state index contributed by atoms with van der Waals surface area (Å²) in [4.78, 5) is 14.8. The van der Waals surface area contributed by atoms with E-state index in [0.29, 0.717) is 0 Å². The molecule has 0 spiro atoms. The highest BCUT2D eigenvalue weighted by Gasteiger charge is 2.07. The fraction of sp³-hybridized carbons (Fsp3) is 0.333. The molecule has 5 nitrogen and oxygen atoms in total. The topological polar surface area (TPSA) is 55.6 Å². The fourth-order valence-corrected chi connectivity index (χ4v) is 1.09. The Hall–Kier alpha value is -1.62. The van der Waals surface area contributed by atoms with E-state index >= 15 is 0 Å². The van der Waals surface area contributed by atoms with Gasteiger partial charge in [-0.3, -0.25) is 15.0 Å². The zero-order valence-corrected chi connectivity index (χ0v) is 7.92. The zero-order valence-electron chi connectivity index (χ0n) is 7.92. The highest BCUT2D eigenvalue weighted by Crippen LogP contribution is 2.12. The van der Waals surface area contributed by atoms with Crippen LogP contribution in [0.1, 0.15) is 0 Å². The lowest BCUT2D eigenvalue weighted by Crippen LogP contribution is -2.27. The highest BCUT2D eigenvalue weighted by atomic mass is 16.7. The molecule has 5 heteroatoms. The molecule has 0 unspecified atom stereocenters. The van der Waals surface area contributed by atoms with Crippen molar-refractivity contribution >= 4 is 5.69 Å². The number of hydrogen-bond acceptors (Lipinski definition) is 4. The monoisotopic (exact) mass is 196 g/mol. The molecule has 14 heavy (non-hydrogen) atoms. The van der Waals surface area contributed by atoms with Crippen LogP contribution in [-0.4, -0.2) is 25.1 Å². The third-order valence-corrected chi connectivity index (χ3v) is 1.75. The molecule has 1 aromatic rings. The Morgan fingerprint density at radius 2 is 2.07 bits per heavy atom. The van der Waals surface area contributed by atoms with Crippen molar-refractivity contribution < 1.29 is 9.76 Å². The van der Waals surface area contributed by atoms with Gasteiger partial charge in [-0.1, -0.05) is 18.2 Å². The molecular formula is C9H12N2O3. The molecule has 1 rings (SSSR count). The van der Waals surface area contributed by atoms with E-state index in [4.69, 9.17) is 4.84 Å². The Kier molecular flexibility index (Phi) is 3.87. The molecule has 0 heterocycles. The van der Waals surface area contributed by atoms with Gasteiger partial charge in [0.1, 0.15) is 6.54 Å². The highest BCUT2D eigenvalue weighted by molar-refractivity contribution is 5.43. The van der Waals surface area contributed by atoms with Crippen LogP contribution < -0.4 is 5.06 Å². The quantitative estimate of drug-likeness (QED) is 0.526. The SMILES string of the molecule is CON(CC[N+](=O)[O-])c1ccccc1. The summed E-state index contributed by atoms with van der Waals surface area (Å²) in [7, 11) is 1.49.